The molecule has 2 aromatic rings. The molecule has 3 rings (SSSR count). The van der Waals surface area contributed by atoms with E-state index in [1.807, 2.05) is 30.3 Å². The molecule has 0 spiro atoms. The monoisotopic (exact) mass is 402 g/mol. The predicted molar refractivity (Wildman–Crippen MR) is 113 cm³/mol. The number of esters is 1. The van der Waals surface area contributed by atoms with E-state index >= 15 is 0 Å². The smallest absolute Gasteiger partial charge is 0.349 e. The molecule has 0 radical (unpaired) electrons. The number of rotatable bonds is 6. The number of carbonyl (C=O) groups excluding carboxylic acids is 3. The second kappa shape index (κ2) is 8.75. The highest BCUT2D eigenvalue weighted by atomic mass is 16.5. The van der Waals surface area contributed by atoms with Crippen LogP contribution in [0.3, 0.4) is 0 Å². The van der Waals surface area contributed by atoms with Crippen molar-refractivity contribution < 1.29 is 19.1 Å². The predicted octanol–water partition coefficient (Wildman–Crippen LogP) is 3.66. The molecule has 0 saturated carbocycles. The number of hydrogen-bond donors (Lipinski definition) is 0. The summed E-state index contributed by atoms with van der Waals surface area (Å²) >= 11 is 0. The lowest BCUT2D eigenvalue weighted by molar-refractivity contribution is -0.137. The van der Waals surface area contributed by atoms with Crippen molar-refractivity contribution in [3.63, 3.8) is 0 Å². The summed E-state index contributed by atoms with van der Waals surface area (Å²) in [6.07, 6.45) is 1.68. The molecule has 0 saturated heterocycles. The zero-order chi connectivity index (χ0) is 21.8. The Labute approximate surface area is 175 Å². The van der Waals surface area contributed by atoms with E-state index in [2.05, 4.69) is 13.8 Å². The molecule has 6 heteroatoms. The number of hydrogen-bond acceptors (Lipinski definition) is 5. The molecule has 152 valence electrons. The first-order valence-corrected chi connectivity index (χ1v) is 9.61. The number of nitrogens with zero attached hydrogens (tertiary/aromatic N) is 2. The molecule has 6 nitrogen and oxygen atoms in total. The molecule has 0 unspecified atom stereocenters. The van der Waals surface area contributed by atoms with Crippen molar-refractivity contribution >= 4 is 29.4 Å². The van der Waals surface area contributed by atoms with Crippen LogP contribution in [0.25, 0.3) is 6.08 Å². The Balaban J connectivity index is 1.65. The number of carbonyl (C=O) groups is 3. The quantitative estimate of drug-likeness (QED) is 0.318. The summed E-state index contributed by atoms with van der Waals surface area (Å²) in [5.41, 5.74) is 3.57. The molecule has 0 N–H and O–H groups in total. The van der Waals surface area contributed by atoms with Gasteiger partial charge in [-0.2, -0.15) is 5.26 Å². The van der Waals surface area contributed by atoms with E-state index < -0.39 is 18.4 Å². The standard InChI is InChI=1S/C24H22N2O4/c1-15(2)17-6-4-16(5-7-17)10-20(13-25)24(29)30-14-22(27)18-8-9-21-19(11-18)12-23(28)26(21)3/h4-11,15H,12,14H2,1-3H3/b20-10+. The molecule has 2 aromatic carbocycles. The molecule has 0 aromatic heterocycles. The number of ketones is 1. The van der Waals surface area contributed by atoms with Gasteiger partial charge < -0.3 is 9.64 Å². The van der Waals surface area contributed by atoms with Gasteiger partial charge in [0.15, 0.2) is 12.4 Å². The summed E-state index contributed by atoms with van der Waals surface area (Å²) in [7, 11) is 1.68. The maximum Gasteiger partial charge on any atom is 0.349 e. The van der Waals surface area contributed by atoms with E-state index in [9.17, 15) is 19.6 Å². The molecule has 1 aliphatic heterocycles. The van der Waals surface area contributed by atoms with Crippen LogP contribution in [0, 0.1) is 11.3 Å². The van der Waals surface area contributed by atoms with E-state index in [0.29, 0.717) is 17.0 Å². The fourth-order valence-corrected chi connectivity index (χ4v) is 3.22. The Morgan fingerprint density at radius 1 is 1.20 bits per heavy atom. The molecule has 30 heavy (non-hydrogen) atoms. The number of fused-ring (bicyclic) bond motifs is 1. The molecular formula is C24H22N2O4. The summed E-state index contributed by atoms with van der Waals surface area (Å²) in [5, 5.41) is 9.30. The van der Waals surface area contributed by atoms with Crippen LogP contribution in [0.5, 0.6) is 0 Å². The van der Waals surface area contributed by atoms with Gasteiger partial charge in [0.2, 0.25) is 5.91 Å². The minimum atomic E-state index is -0.852. The van der Waals surface area contributed by atoms with Crippen LogP contribution in [-0.4, -0.2) is 31.3 Å². The van der Waals surface area contributed by atoms with Gasteiger partial charge in [-0.3, -0.25) is 9.59 Å². The molecule has 0 fully saturated rings. The highest BCUT2D eigenvalue weighted by Crippen LogP contribution is 2.28. The lowest BCUT2D eigenvalue weighted by Gasteiger charge is -2.10. The van der Waals surface area contributed by atoms with E-state index in [1.54, 1.807) is 30.1 Å². The van der Waals surface area contributed by atoms with Gasteiger partial charge >= 0.3 is 5.97 Å². The van der Waals surface area contributed by atoms with Gasteiger partial charge in [-0.05, 0) is 46.9 Å². The molecule has 1 aliphatic rings. The molecule has 1 amide bonds. The van der Waals surface area contributed by atoms with Crippen molar-refractivity contribution in [3.8, 4) is 6.07 Å². The third kappa shape index (κ3) is 4.47. The summed E-state index contributed by atoms with van der Waals surface area (Å²) in [4.78, 5) is 38.0. The van der Waals surface area contributed by atoms with Crippen LogP contribution in [0.15, 0.2) is 48.0 Å². The van der Waals surface area contributed by atoms with Gasteiger partial charge in [0.1, 0.15) is 11.6 Å². The maximum absolute atomic E-state index is 12.4. The van der Waals surface area contributed by atoms with Crippen molar-refractivity contribution in [1.29, 1.82) is 5.26 Å². The van der Waals surface area contributed by atoms with Gasteiger partial charge in [-0.25, -0.2) is 4.79 Å². The number of benzene rings is 2. The van der Waals surface area contributed by atoms with Gasteiger partial charge in [-0.15, -0.1) is 0 Å². The Bertz CT molecular complexity index is 1080. The Morgan fingerprint density at radius 2 is 1.90 bits per heavy atom. The van der Waals surface area contributed by atoms with Crippen LogP contribution in [0.1, 0.15) is 46.8 Å². The first-order chi connectivity index (χ1) is 14.3. The summed E-state index contributed by atoms with van der Waals surface area (Å²) in [6, 6.07) is 14.3. The highest BCUT2D eigenvalue weighted by molar-refractivity contribution is 6.05. The van der Waals surface area contributed by atoms with Crippen LogP contribution >= 0.6 is 0 Å². The minimum Gasteiger partial charge on any atom is -0.453 e. The highest BCUT2D eigenvalue weighted by Gasteiger charge is 2.25. The van der Waals surface area contributed by atoms with Gasteiger partial charge in [0.25, 0.3) is 0 Å². The average Bonchev–Trinajstić information content (AvgIpc) is 3.03. The normalized spacial score (nSPS) is 13.2. The second-order valence-corrected chi connectivity index (χ2v) is 7.46. The maximum atomic E-state index is 12.4. The van der Waals surface area contributed by atoms with Gasteiger partial charge in [-0.1, -0.05) is 38.1 Å². The summed E-state index contributed by atoms with van der Waals surface area (Å²) in [6.45, 7) is 3.68. The first-order valence-electron chi connectivity index (χ1n) is 9.61. The number of likely N-dealkylation sites (N-methyl/N-ethyl adjacent to an activating group) is 1. The van der Waals surface area contributed by atoms with E-state index in [1.165, 1.54) is 6.08 Å². The third-order valence-corrected chi connectivity index (χ3v) is 5.07. The fourth-order valence-electron chi connectivity index (χ4n) is 3.22. The van der Waals surface area contributed by atoms with Gasteiger partial charge in [0.05, 0.1) is 6.42 Å². The van der Waals surface area contributed by atoms with Crippen LogP contribution < -0.4 is 4.90 Å². The molecular weight excluding hydrogens is 380 g/mol. The minimum absolute atomic E-state index is 0.0359. The van der Waals surface area contributed by atoms with Crippen LogP contribution in [0.4, 0.5) is 5.69 Å². The van der Waals surface area contributed by atoms with E-state index in [0.717, 1.165) is 16.8 Å². The molecule has 1 heterocycles. The second-order valence-electron chi connectivity index (χ2n) is 7.46. The molecule has 0 bridgehead atoms. The van der Waals surface area contributed by atoms with E-state index in [-0.39, 0.29) is 17.9 Å². The number of amides is 1. The lowest BCUT2D eigenvalue weighted by atomic mass is 10.0. The lowest BCUT2D eigenvalue weighted by Crippen LogP contribution is -2.20. The number of anilines is 1. The topological polar surface area (TPSA) is 87.5 Å². The third-order valence-electron chi connectivity index (χ3n) is 5.07. The van der Waals surface area contributed by atoms with Crippen molar-refractivity contribution in [3.05, 3.63) is 70.3 Å². The van der Waals surface area contributed by atoms with E-state index in [4.69, 9.17) is 4.74 Å². The SMILES string of the molecule is CC(C)c1ccc(/C=C(\C#N)C(=O)OCC(=O)c2ccc3c(c2)CC(=O)N3C)cc1. The molecule has 0 atom stereocenters. The largest absolute Gasteiger partial charge is 0.453 e. The van der Waals surface area contributed by atoms with Gasteiger partial charge in [0, 0.05) is 18.3 Å². The summed E-state index contributed by atoms with van der Waals surface area (Å²) < 4.78 is 5.05. The van der Waals surface area contributed by atoms with Crippen LogP contribution in [0.2, 0.25) is 0 Å². The molecule has 0 aliphatic carbocycles. The van der Waals surface area contributed by atoms with Crippen molar-refractivity contribution in [2.24, 2.45) is 0 Å². The van der Waals surface area contributed by atoms with Crippen molar-refractivity contribution in [2.75, 3.05) is 18.6 Å². The first kappa shape index (κ1) is 21.0. The Morgan fingerprint density at radius 3 is 2.53 bits per heavy atom. The van der Waals surface area contributed by atoms with Crippen LogP contribution in [-0.2, 0) is 20.7 Å². The zero-order valence-electron chi connectivity index (χ0n) is 17.1. The Hall–Kier alpha value is -3.72. The van der Waals surface area contributed by atoms with Crippen molar-refractivity contribution in [1.82, 2.24) is 0 Å². The fraction of sp³-hybridized carbons (Fsp3) is 0.250. The Kier molecular flexibility index (Phi) is 6.12. The number of ether oxygens (including phenoxy) is 1. The number of Topliss-reactive ketones (excluding diaryl/α,β-unsaturated/α-hetero) is 1. The summed E-state index contributed by atoms with van der Waals surface area (Å²) in [5.74, 6) is -0.903. The number of nitriles is 1. The average molecular weight is 402 g/mol. The zero-order valence-corrected chi connectivity index (χ0v) is 17.1. The van der Waals surface area contributed by atoms with Crippen molar-refractivity contribution in [2.45, 2.75) is 26.2 Å².